The van der Waals surface area contributed by atoms with E-state index in [1.807, 2.05) is 30.3 Å². The van der Waals surface area contributed by atoms with E-state index in [2.05, 4.69) is 5.10 Å². The molecule has 1 unspecified atom stereocenters. The molecule has 0 radical (unpaired) electrons. The van der Waals surface area contributed by atoms with Crippen LogP contribution in [0.1, 0.15) is 10.4 Å². The lowest BCUT2D eigenvalue weighted by Crippen LogP contribution is -2.24. The Morgan fingerprint density at radius 1 is 1.23 bits per heavy atom. The molecule has 1 atom stereocenters. The van der Waals surface area contributed by atoms with Crippen molar-refractivity contribution in [3.05, 3.63) is 54.1 Å². The normalized spacial score (nSPS) is 15.7. The molecule has 26 heavy (non-hydrogen) atoms. The highest BCUT2D eigenvalue weighted by atomic mass is 16.5. The van der Waals surface area contributed by atoms with Crippen LogP contribution in [-0.4, -0.2) is 43.3 Å². The van der Waals surface area contributed by atoms with Crippen molar-refractivity contribution in [3.63, 3.8) is 0 Å². The van der Waals surface area contributed by atoms with Crippen LogP contribution in [0.25, 0.3) is 0 Å². The number of hydrogen-bond donors (Lipinski definition) is 1. The van der Waals surface area contributed by atoms with Gasteiger partial charge in [0, 0.05) is 6.21 Å². The van der Waals surface area contributed by atoms with E-state index in [-0.39, 0.29) is 17.1 Å². The SMILES string of the molecule is COc1ccc(OCC(=O)O)c(C(=O)C2C=NN(c3ccccc3)C2)c1. The van der Waals surface area contributed by atoms with Crippen LogP contribution >= 0.6 is 0 Å². The van der Waals surface area contributed by atoms with Gasteiger partial charge in [-0.25, -0.2) is 4.79 Å². The van der Waals surface area contributed by atoms with Gasteiger partial charge in [0.05, 0.1) is 30.8 Å². The van der Waals surface area contributed by atoms with Crippen molar-refractivity contribution in [1.82, 2.24) is 0 Å². The number of anilines is 1. The standard InChI is InChI=1S/C19H18N2O5/c1-25-15-7-8-17(26-12-18(22)23)16(9-15)19(24)13-10-20-21(11-13)14-5-3-2-4-6-14/h2-10,13H,11-12H2,1H3,(H,22,23). The van der Waals surface area contributed by atoms with Crippen LogP contribution in [0.4, 0.5) is 5.69 Å². The van der Waals surface area contributed by atoms with Gasteiger partial charge in [-0.15, -0.1) is 0 Å². The summed E-state index contributed by atoms with van der Waals surface area (Å²) in [4.78, 5) is 23.7. The molecule has 1 aliphatic rings. The van der Waals surface area contributed by atoms with Crippen molar-refractivity contribution in [3.8, 4) is 11.5 Å². The van der Waals surface area contributed by atoms with Crippen LogP contribution in [-0.2, 0) is 4.79 Å². The third-order valence-electron chi connectivity index (χ3n) is 3.95. The molecule has 3 rings (SSSR count). The highest BCUT2D eigenvalue weighted by Crippen LogP contribution is 2.29. The minimum absolute atomic E-state index is 0.202. The number of rotatable bonds is 7. The topological polar surface area (TPSA) is 88.4 Å². The van der Waals surface area contributed by atoms with Gasteiger partial charge in [-0.2, -0.15) is 5.10 Å². The van der Waals surface area contributed by atoms with Gasteiger partial charge in [0.1, 0.15) is 11.5 Å². The highest BCUT2D eigenvalue weighted by molar-refractivity contribution is 6.09. The van der Waals surface area contributed by atoms with Crippen molar-refractivity contribution in [1.29, 1.82) is 0 Å². The van der Waals surface area contributed by atoms with E-state index in [1.165, 1.54) is 13.2 Å². The smallest absolute Gasteiger partial charge is 0.341 e. The number of carbonyl (C=O) groups excluding carboxylic acids is 1. The Hall–Kier alpha value is -3.35. The summed E-state index contributed by atoms with van der Waals surface area (Å²) in [6, 6.07) is 14.3. The van der Waals surface area contributed by atoms with Crippen molar-refractivity contribution in [2.24, 2.45) is 11.0 Å². The second-order valence-electron chi connectivity index (χ2n) is 5.70. The van der Waals surface area contributed by atoms with Crippen LogP contribution < -0.4 is 14.5 Å². The first-order chi connectivity index (χ1) is 12.6. The van der Waals surface area contributed by atoms with Gasteiger partial charge in [0.2, 0.25) is 0 Å². The average Bonchev–Trinajstić information content (AvgIpc) is 3.16. The van der Waals surface area contributed by atoms with E-state index in [4.69, 9.17) is 14.6 Å². The summed E-state index contributed by atoms with van der Waals surface area (Å²) in [5, 5.41) is 14.9. The van der Waals surface area contributed by atoms with Crippen molar-refractivity contribution in [2.45, 2.75) is 0 Å². The number of hydrazone groups is 1. The summed E-state index contributed by atoms with van der Waals surface area (Å²) >= 11 is 0. The van der Waals surface area contributed by atoms with E-state index in [1.54, 1.807) is 23.4 Å². The summed E-state index contributed by atoms with van der Waals surface area (Å²) in [6.45, 7) is -0.125. The number of ether oxygens (including phenoxy) is 2. The zero-order chi connectivity index (χ0) is 18.5. The first-order valence-corrected chi connectivity index (χ1v) is 8.02. The zero-order valence-corrected chi connectivity index (χ0v) is 14.2. The van der Waals surface area contributed by atoms with Gasteiger partial charge in [0.15, 0.2) is 12.4 Å². The van der Waals surface area contributed by atoms with Crippen LogP contribution in [0.3, 0.4) is 0 Å². The fraction of sp³-hybridized carbons (Fsp3) is 0.211. The molecule has 0 saturated heterocycles. The average molecular weight is 354 g/mol. The number of carboxylic acids is 1. The largest absolute Gasteiger partial charge is 0.497 e. The minimum atomic E-state index is -1.11. The number of methoxy groups -OCH3 is 1. The fourth-order valence-electron chi connectivity index (χ4n) is 2.66. The first kappa shape index (κ1) is 17.5. The van der Waals surface area contributed by atoms with Gasteiger partial charge in [-0.1, -0.05) is 18.2 Å². The maximum absolute atomic E-state index is 13.0. The fourth-order valence-corrected chi connectivity index (χ4v) is 2.66. The Morgan fingerprint density at radius 2 is 2.00 bits per heavy atom. The Bertz CT molecular complexity index is 835. The Balaban J connectivity index is 1.81. The molecule has 0 aliphatic carbocycles. The molecule has 2 aromatic carbocycles. The molecule has 0 saturated carbocycles. The molecule has 134 valence electrons. The van der Waals surface area contributed by atoms with Gasteiger partial charge in [-0.3, -0.25) is 9.80 Å². The molecule has 1 N–H and O–H groups in total. The van der Waals surface area contributed by atoms with E-state index >= 15 is 0 Å². The van der Waals surface area contributed by atoms with Gasteiger partial charge < -0.3 is 14.6 Å². The predicted molar refractivity (Wildman–Crippen MR) is 96.2 cm³/mol. The number of aliphatic carboxylic acids is 1. The molecular weight excluding hydrogens is 336 g/mol. The number of nitrogens with zero attached hydrogens (tertiary/aromatic N) is 2. The molecule has 1 heterocycles. The molecule has 0 fully saturated rings. The molecule has 1 aliphatic heterocycles. The van der Waals surface area contributed by atoms with Gasteiger partial charge in [-0.05, 0) is 30.3 Å². The zero-order valence-electron chi connectivity index (χ0n) is 14.2. The molecule has 7 heteroatoms. The quantitative estimate of drug-likeness (QED) is 0.769. The molecular formula is C19H18N2O5. The van der Waals surface area contributed by atoms with Gasteiger partial charge >= 0.3 is 5.97 Å². The molecule has 7 nitrogen and oxygen atoms in total. The summed E-state index contributed by atoms with van der Waals surface area (Å²) < 4.78 is 10.4. The third kappa shape index (κ3) is 3.83. The van der Waals surface area contributed by atoms with Crippen molar-refractivity contribution in [2.75, 3.05) is 25.3 Å². The monoisotopic (exact) mass is 354 g/mol. The lowest BCUT2D eigenvalue weighted by molar-refractivity contribution is -0.139. The Morgan fingerprint density at radius 3 is 2.69 bits per heavy atom. The molecule has 0 spiro atoms. The molecule has 0 bridgehead atoms. The number of carbonyl (C=O) groups is 2. The summed E-state index contributed by atoms with van der Waals surface area (Å²) in [7, 11) is 1.50. The molecule has 2 aromatic rings. The number of carboxylic acid groups (broad SMARTS) is 1. The van der Waals surface area contributed by atoms with Crippen LogP contribution in [0.5, 0.6) is 11.5 Å². The molecule has 0 amide bonds. The maximum atomic E-state index is 13.0. The summed E-state index contributed by atoms with van der Waals surface area (Å²) in [6.07, 6.45) is 1.59. The van der Waals surface area contributed by atoms with Crippen molar-refractivity contribution < 1.29 is 24.2 Å². The van der Waals surface area contributed by atoms with Crippen LogP contribution in [0.15, 0.2) is 53.6 Å². The number of hydrogen-bond acceptors (Lipinski definition) is 6. The predicted octanol–water partition coefficient (Wildman–Crippen LogP) is 2.46. The second kappa shape index (κ2) is 7.69. The maximum Gasteiger partial charge on any atom is 0.341 e. The van der Waals surface area contributed by atoms with Crippen LogP contribution in [0, 0.1) is 5.92 Å². The lowest BCUT2D eigenvalue weighted by Gasteiger charge is -2.16. The number of Topliss-reactive ketones (excluding diaryl/α,β-unsaturated/α-hetero) is 1. The Labute approximate surface area is 150 Å². The second-order valence-corrected chi connectivity index (χ2v) is 5.70. The Kier molecular flexibility index (Phi) is 5.17. The van der Waals surface area contributed by atoms with Crippen LogP contribution in [0.2, 0.25) is 0 Å². The number of ketones is 1. The van der Waals surface area contributed by atoms with Crippen molar-refractivity contribution >= 4 is 23.7 Å². The minimum Gasteiger partial charge on any atom is -0.497 e. The van der Waals surface area contributed by atoms with E-state index in [9.17, 15) is 9.59 Å². The van der Waals surface area contributed by atoms with E-state index in [0.29, 0.717) is 12.3 Å². The lowest BCUT2D eigenvalue weighted by atomic mass is 9.98. The van der Waals surface area contributed by atoms with E-state index in [0.717, 1.165) is 5.69 Å². The van der Waals surface area contributed by atoms with Gasteiger partial charge in [0.25, 0.3) is 0 Å². The number of para-hydroxylation sites is 1. The number of benzene rings is 2. The van der Waals surface area contributed by atoms with E-state index < -0.39 is 18.5 Å². The highest BCUT2D eigenvalue weighted by Gasteiger charge is 2.28. The summed E-state index contributed by atoms with van der Waals surface area (Å²) in [5.74, 6) is -1.08. The third-order valence-corrected chi connectivity index (χ3v) is 3.95. The first-order valence-electron chi connectivity index (χ1n) is 8.02. The summed E-state index contributed by atoms with van der Waals surface area (Å²) in [5.41, 5.74) is 1.17. The molecule has 0 aromatic heterocycles.